The summed E-state index contributed by atoms with van der Waals surface area (Å²) in [5.74, 6) is 0.0637. The molecule has 1 saturated heterocycles. The molecule has 110 valence electrons. The molecule has 0 saturated carbocycles. The van der Waals surface area contributed by atoms with Gasteiger partial charge in [0.1, 0.15) is 11.7 Å². The number of hydrogen-bond acceptors (Lipinski definition) is 3. The van der Waals surface area contributed by atoms with Crippen LogP contribution in [0, 0.1) is 17.1 Å². The summed E-state index contributed by atoms with van der Waals surface area (Å²) >= 11 is 0. The predicted octanol–water partition coefficient (Wildman–Crippen LogP) is 1.70. The van der Waals surface area contributed by atoms with E-state index in [2.05, 4.69) is 4.90 Å². The highest BCUT2D eigenvalue weighted by molar-refractivity contribution is 5.95. The van der Waals surface area contributed by atoms with Crippen molar-refractivity contribution in [1.82, 2.24) is 4.90 Å². The van der Waals surface area contributed by atoms with Gasteiger partial charge in [-0.1, -0.05) is 0 Å². The van der Waals surface area contributed by atoms with Gasteiger partial charge in [0.05, 0.1) is 0 Å². The Morgan fingerprint density at radius 1 is 1.45 bits per heavy atom. The van der Waals surface area contributed by atoms with Crippen LogP contribution in [0.2, 0.25) is 0 Å². The van der Waals surface area contributed by atoms with Crippen LogP contribution in [-0.2, 0) is 6.54 Å². The molecule has 0 aromatic heterocycles. The first-order valence-electron chi connectivity index (χ1n) is 7.05. The lowest BCUT2D eigenvalue weighted by molar-refractivity contribution is 0.142. The number of nitrogens with zero attached hydrogens (tertiary/aromatic N) is 1. The van der Waals surface area contributed by atoms with E-state index < -0.39 is 0 Å². The number of piperidine rings is 1. The molecule has 4 nitrogen and oxygen atoms in total. The Morgan fingerprint density at radius 3 is 2.95 bits per heavy atom. The minimum Gasteiger partial charge on any atom is -0.396 e. The van der Waals surface area contributed by atoms with E-state index in [4.69, 9.17) is 16.2 Å². The first-order valence-corrected chi connectivity index (χ1v) is 7.05. The third-order valence-corrected chi connectivity index (χ3v) is 3.82. The summed E-state index contributed by atoms with van der Waals surface area (Å²) in [6.07, 6.45) is 3.09. The first kappa shape index (κ1) is 14.9. The lowest BCUT2D eigenvalue weighted by Crippen LogP contribution is -2.35. The van der Waals surface area contributed by atoms with Crippen molar-refractivity contribution < 1.29 is 9.50 Å². The highest BCUT2D eigenvalue weighted by atomic mass is 19.1. The molecule has 0 bridgehead atoms. The molecule has 1 heterocycles. The number of aliphatic hydroxyl groups excluding tert-OH is 1. The number of hydrogen-bond donors (Lipinski definition) is 3. The fourth-order valence-electron chi connectivity index (χ4n) is 2.87. The smallest absolute Gasteiger partial charge is 0.124 e. The molecular weight excluding hydrogens is 257 g/mol. The predicted molar refractivity (Wildman–Crippen MR) is 77.1 cm³/mol. The van der Waals surface area contributed by atoms with Gasteiger partial charge in [0, 0.05) is 25.3 Å². The SMILES string of the molecule is N=C(N)c1cc(F)cc(CN2CCCC(CCO)C2)c1. The van der Waals surface area contributed by atoms with Crippen LogP contribution >= 0.6 is 0 Å². The van der Waals surface area contributed by atoms with E-state index in [-0.39, 0.29) is 18.3 Å². The van der Waals surface area contributed by atoms with Gasteiger partial charge in [-0.05, 0) is 55.5 Å². The van der Waals surface area contributed by atoms with Gasteiger partial charge in [0.2, 0.25) is 0 Å². The number of nitrogen functional groups attached to an aromatic ring is 1. The van der Waals surface area contributed by atoms with Crippen LogP contribution in [0.25, 0.3) is 0 Å². The maximum Gasteiger partial charge on any atom is 0.124 e. The largest absolute Gasteiger partial charge is 0.396 e. The molecule has 1 aromatic carbocycles. The van der Waals surface area contributed by atoms with E-state index in [1.807, 2.05) is 0 Å². The van der Waals surface area contributed by atoms with Gasteiger partial charge in [-0.25, -0.2) is 4.39 Å². The molecule has 1 aliphatic rings. The molecule has 4 N–H and O–H groups in total. The molecule has 0 spiro atoms. The molecule has 1 aromatic rings. The van der Waals surface area contributed by atoms with Gasteiger partial charge >= 0.3 is 0 Å². The average Bonchev–Trinajstić information content (AvgIpc) is 2.38. The van der Waals surface area contributed by atoms with Gasteiger partial charge < -0.3 is 10.8 Å². The fraction of sp³-hybridized carbons (Fsp3) is 0.533. The fourth-order valence-corrected chi connectivity index (χ4v) is 2.87. The second-order valence-corrected chi connectivity index (χ2v) is 5.52. The van der Waals surface area contributed by atoms with Crippen molar-refractivity contribution in [2.45, 2.75) is 25.8 Å². The van der Waals surface area contributed by atoms with E-state index in [0.717, 1.165) is 37.9 Å². The van der Waals surface area contributed by atoms with Crippen LogP contribution in [-0.4, -0.2) is 35.5 Å². The molecule has 1 aliphatic heterocycles. The summed E-state index contributed by atoms with van der Waals surface area (Å²) in [4.78, 5) is 2.28. The quantitative estimate of drug-likeness (QED) is 0.567. The molecule has 1 unspecified atom stereocenters. The second kappa shape index (κ2) is 6.81. The minimum atomic E-state index is -0.350. The molecule has 0 radical (unpaired) electrons. The standard InChI is InChI=1S/C15H22FN3O/c16-14-7-12(6-13(8-14)15(17)18)10-19-4-1-2-11(9-19)3-5-20/h6-8,11,20H,1-5,9-10H2,(H3,17,18). The zero-order valence-electron chi connectivity index (χ0n) is 11.6. The average molecular weight is 279 g/mol. The van der Waals surface area contributed by atoms with Crippen LogP contribution < -0.4 is 5.73 Å². The Balaban J connectivity index is 2.03. The van der Waals surface area contributed by atoms with Crippen molar-refractivity contribution in [3.05, 3.63) is 35.1 Å². The molecule has 0 amide bonds. The van der Waals surface area contributed by atoms with Crippen LogP contribution in [0.3, 0.4) is 0 Å². The van der Waals surface area contributed by atoms with Crippen molar-refractivity contribution in [3.8, 4) is 0 Å². The summed E-state index contributed by atoms with van der Waals surface area (Å²) in [7, 11) is 0. The van der Waals surface area contributed by atoms with Crippen molar-refractivity contribution in [2.24, 2.45) is 11.7 Å². The van der Waals surface area contributed by atoms with Crippen molar-refractivity contribution in [3.63, 3.8) is 0 Å². The molecule has 5 heteroatoms. The molecule has 2 rings (SSSR count). The number of amidine groups is 1. The lowest BCUT2D eigenvalue weighted by atomic mass is 9.95. The molecular formula is C15H22FN3O. The topological polar surface area (TPSA) is 73.3 Å². The van der Waals surface area contributed by atoms with Gasteiger partial charge in [-0.3, -0.25) is 10.3 Å². The number of halogens is 1. The second-order valence-electron chi connectivity index (χ2n) is 5.52. The molecule has 1 atom stereocenters. The van der Waals surface area contributed by atoms with Crippen LogP contribution in [0.15, 0.2) is 18.2 Å². The Hall–Kier alpha value is -1.46. The van der Waals surface area contributed by atoms with Crippen molar-refractivity contribution in [2.75, 3.05) is 19.7 Å². The summed E-state index contributed by atoms with van der Waals surface area (Å²) in [5.41, 5.74) is 6.70. The monoisotopic (exact) mass is 279 g/mol. The number of benzene rings is 1. The van der Waals surface area contributed by atoms with Crippen LogP contribution in [0.5, 0.6) is 0 Å². The Bertz CT molecular complexity index is 476. The number of aliphatic hydroxyl groups is 1. The number of likely N-dealkylation sites (tertiary alicyclic amines) is 1. The van der Waals surface area contributed by atoms with E-state index in [1.54, 1.807) is 6.07 Å². The van der Waals surface area contributed by atoms with Gasteiger partial charge in [-0.15, -0.1) is 0 Å². The van der Waals surface area contributed by atoms with Crippen LogP contribution in [0.1, 0.15) is 30.4 Å². The van der Waals surface area contributed by atoms with Crippen molar-refractivity contribution in [1.29, 1.82) is 5.41 Å². The van der Waals surface area contributed by atoms with Gasteiger partial charge in [0.25, 0.3) is 0 Å². The van der Waals surface area contributed by atoms with Gasteiger partial charge in [0.15, 0.2) is 0 Å². The zero-order valence-corrected chi connectivity index (χ0v) is 11.6. The third kappa shape index (κ3) is 4.02. The molecule has 1 fully saturated rings. The number of rotatable bonds is 5. The van der Waals surface area contributed by atoms with E-state index >= 15 is 0 Å². The maximum atomic E-state index is 13.5. The van der Waals surface area contributed by atoms with Crippen molar-refractivity contribution >= 4 is 5.84 Å². The number of nitrogens with two attached hydrogens (primary N) is 1. The highest BCUT2D eigenvalue weighted by Gasteiger charge is 2.19. The third-order valence-electron chi connectivity index (χ3n) is 3.82. The summed E-state index contributed by atoms with van der Waals surface area (Å²) in [6, 6.07) is 4.57. The van der Waals surface area contributed by atoms with E-state index in [0.29, 0.717) is 18.0 Å². The summed E-state index contributed by atoms with van der Waals surface area (Å²) < 4.78 is 13.5. The lowest BCUT2D eigenvalue weighted by Gasteiger charge is -2.32. The highest BCUT2D eigenvalue weighted by Crippen LogP contribution is 2.21. The van der Waals surface area contributed by atoms with E-state index in [1.165, 1.54) is 12.1 Å². The summed E-state index contributed by atoms with van der Waals surface area (Å²) in [6.45, 7) is 2.83. The normalized spacial score (nSPS) is 20.0. The molecule has 20 heavy (non-hydrogen) atoms. The maximum absolute atomic E-state index is 13.5. The Kier molecular flexibility index (Phi) is 5.09. The number of nitrogens with one attached hydrogen (secondary N) is 1. The summed E-state index contributed by atoms with van der Waals surface area (Å²) in [5, 5.41) is 16.4. The minimum absolute atomic E-state index is 0.109. The first-order chi connectivity index (χ1) is 9.58. The van der Waals surface area contributed by atoms with Crippen LogP contribution in [0.4, 0.5) is 4.39 Å². The van der Waals surface area contributed by atoms with E-state index in [9.17, 15) is 4.39 Å². The molecule has 0 aliphatic carbocycles. The Labute approximate surface area is 118 Å². The van der Waals surface area contributed by atoms with Gasteiger partial charge in [-0.2, -0.15) is 0 Å². The Morgan fingerprint density at radius 2 is 2.25 bits per heavy atom. The zero-order chi connectivity index (χ0) is 14.5.